The maximum absolute atomic E-state index is 12.7. The van der Waals surface area contributed by atoms with Gasteiger partial charge in [0.1, 0.15) is 17.9 Å². The SMILES string of the molecule is COc1ccc(-c2cc(N3CCC(C(=O)Nc4cccc(C(C)=O)c4)CC3)ncn2)cc1. The fourth-order valence-corrected chi connectivity index (χ4v) is 3.87. The van der Waals surface area contributed by atoms with Gasteiger partial charge in [-0.2, -0.15) is 0 Å². The van der Waals surface area contributed by atoms with Crippen LogP contribution in [0.2, 0.25) is 0 Å². The van der Waals surface area contributed by atoms with Crippen molar-refractivity contribution in [3.8, 4) is 17.0 Å². The van der Waals surface area contributed by atoms with Gasteiger partial charge in [-0.05, 0) is 56.2 Å². The molecule has 0 radical (unpaired) electrons. The lowest BCUT2D eigenvalue weighted by atomic mass is 9.95. The minimum Gasteiger partial charge on any atom is -0.497 e. The van der Waals surface area contributed by atoms with Crippen molar-refractivity contribution in [1.82, 2.24) is 9.97 Å². The van der Waals surface area contributed by atoms with Crippen molar-refractivity contribution in [1.29, 1.82) is 0 Å². The number of hydrogen-bond donors (Lipinski definition) is 1. The topological polar surface area (TPSA) is 84.4 Å². The Bertz CT molecular complexity index is 1110. The lowest BCUT2D eigenvalue weighted by Crippen LogP contribution is -2.38. The van der Waals surface area contributed by atoms with Crippen molar-refractivity contribution in [2.24, 2.45) is 5.92 Å². The third kappa shape index (κ3) is 4.94. The third-order valence-electron chi connectivity index (χ3n) is 5.76. The number of ketones is 1. The number of ether oxygens (including phenoxy) is 1. The van der Waals surface area contributed by atoms with E-state index in [1.807, 2.05) is 30.3 Å². The van der Waals surface area contributed by atoms with Crippen LogP contribution in [0.1, 0.15) is 30.1 Å². The smallest absolute Gasteiger partial charge is 0.227 e. The van der Waals surface area contributed by atoms with Crippen molar-refractivity contribution in [2.45, 2.75) is 19.8 Å². The quantitative estimate of drug-likeness (QED) is 0.590. The lowest BCUT2D eigenvalue weighted by molar-refractivity contribution is -0.120. The zero-order valence-corrected chi connectivity index (χ0v) is 18.2. The van der Waals surface area contributed by atoms with Crippen LogP contribution in [0, 0.1) is 5.92 Å². The summed E-state index contributed by atoms with van der Waals surface area (Å²) in [6, 6.07) is 16.8. The summed E-state index contributed by atoms with van der Waals surface area (Å²) >= 11 is 0. The first-order valence-corrected chi connectivity index (χ1v) is 10.7. The van der Waals surface area contributed by atoms with Crippen molar-refractivity contribution < 1.29 is 14.3 Å². The summed E-state index contributed by atoms with van der Waals surface area (Å²) in [6.45, 7) is 3.00. The van der Waals surface area contributed by atoms with Gasteiger partial charge in [-0.1, -0.05) is 12.1 Å². The van der Waals surface area contributed by atoms with Crippen LogP contribution < -0.4 is 15.0 Å². The van der Waals surface area contributed by atoms with E-state index in [-0.39, 0.29) is 17.6 Å². The zero-order chi connectivity index (χ0) is 22.5. The number of benzene rings is 2. The summed E-state index contributed by atoms with van der Waals surface area (Å²) in [5, 5.41) is 2.96. The van der Waals surface area contributed by atoms with Crippen molar-refractivity contribution in [2.75, 3.05) is 30.4 Å². The van der Waals surface area contributed by atoms with E-state index >= 15 is 0 Å². The average Bonchev–Trinajstić information content (AvgIpc) is 2.84. The van der Waals surface area contributed by atoms with E-state index in [0.717, 1.165) is 48.8 Å². The number of aromatic nitrogens is 2. The molecule has 32 heavy (non-hydrogen) atoms. The van der Waals surface area contributed by atoms with Crippen molar-refractivity contribution >= 4 is 23.2 Å². The average molecular weight is 431 g/mol. The molecular formula is C25H26N4O3. The zero-order valence-electron chi connectivity index (χ0n) is 18.2. The molecular weight excluding hydrogens is 404 g/mol. The fourth-order valence-electron chi connectivity index (χ4n) is 3.87. The molecule has 0 unspecified atom stereocenters. The van der Waals surface area contributed by atoms with Crippen LogP contribution in [0.3, 0.4) is 0 Å². The molecule has 4 rings (SSSR count). The number of nitrogens with one attached hydrogen (secondary N) is 1. The molecule has 0 aliphatic carbocycles. The number of amides is 1. The van der Waals surface area contributed by atoms with Crippen LogP contribution >= 0.6 is 0 Å². The minimum atomic E-state index is -0.0740. The molecule has 1 aliphatic rings. The Labute approximate surface area is 187 Å². The first kappa shape index (κ1) is 21.5. The second-order valence-electron chi connectivity index (χ2n) is 7.88. The predicted octanol–water partition coefficient (Wildman–Crippen LogP) is 4.21. The van der Waals surface area contributed by atoms with Gasteiger partial charge in [-0.25, -0.2) is 9.97 Å². The summed E-state index contributed by atoms with van der Waals surface area (Å²) in [6.07, 6.45) is 3.05. The molecule has 164 valence electrons. The van der Waals surface area contributed by atoms with Crippen LogP contribution in [-0.2, 0) is 4.79 Å². The van der Waals surface area contributed by atoms with Gasteiger partial charge in [0, 0.05) is 41.9 Å². The van der Waals surface area contributed by atoms with Crippen molar-refractivity contribution in [3.63, 3.8) is 0 Å². The molecule has 0 bridgehead atoms. The van der Waals surface area contributed by atoms with E-state index in [9.17, 15) is 9.59 Å². The number of Topliss-reactive ketones (excluding diaryl/α,β-unsaturated/α-hetero) is 1. The Kier molecular flexibility index (Phi) is 6.44. The number of piperidine rings is 1. The van der Waals surface area contributed by atoms with Gasteiger partial charge in [0.05, 0.1) is 12.8 Å². The maximum atomic E-state index is 12.7. The summed E-state index contributed by atoms with van der Waals surface area (Å²) in [5.74, 6) is 1.56. The first-order chi connectivity index (χ1) is 15.5. The summed E-state index contributed by atoms with van der Waals surface area (Å²) in [5.41, 5.74) is 3.10. The van der Waals surface area contributed by atoms with E-state index in [1.165, 1.54) is 6.92 Å². The molecule has 1 N–H and O–H groups in total. The molecule has 0 spiro atoms. The highest BCUT2D eigenvalue weighted by atomic mass is 16.5. The number of carbonyl (C=O) groups is 2. The van der Waals surface area contributed by atoms with Gasteiger partial charge >= 0.3 is 0 Å². The highest BCUT2D eigenvalue weighted by molar-refractivity contribution is 5.97. The second-order valence-corrected chi connectivity index (χ2v) is 7.88. The maximum Gasteiger partial charge on any atom is 0.227 e. The molecule has 2 aromatic carbocycles. The fraction of sp³-hybridized carbons (Fsp3) is 0.280. The van der Waals surface area contributed by atoms with Gasteiger partial charge in [0.25, 0.3) is 0 Å². The molecule has 2 heterocycles. The molecule has 0 atom stereocenters. The van der Waals surface area contributed by atoms with Crippen LogP contribution in [0.15, 0.2) is 60.9 Å². The van der Waals surface area contributed by atoms with Crippen LogP contribution in [-0.4, -0.2) is 41.9 Å². The second kappa shape index (κ2) is 9.60. The standard InChI is InChI=1S/C25H26N4O3/c1-17(30)20-4-3-5-21(14-20)28-25(31)19-10-12-29(13-11-19)24-15-23(26-16-27-24)18-6-8-22(32-2)9-7-18/h3-9,14-16,19H,10-13H2,1-2H3,(H,28,31). The first-order valence-electron chi connectivity index (χ1n) is 10.7. The molecule has 3 aromatic rings. The van der Waals surface area contributed by atoms with E-state index < -0.39 is 0 Å². The van der Waals surface area contributed by atoms with E-state index in [2.05, 4.69) is 20.2 Å². The van der Waals surface area contributed by atoms with Crippen LogP contribution in [0.4, 0.5) is 11.5 Å². The molecule has 7 heteroatoms. The largest absolute Gasteiger partial charge is 0.497 e. The van der Waals surface area contributed by atoms with Gasteiger partial charge in [0.2, 0.25) is 5.91 Å². The molecule has 1 fully saturated rings. The molecule has 7 nitrogen and oxygen atoms in total. The highest BCUT2D eigenvalue weighted by Gasteiger charge is 2.26. The number of anilines is 2. The molecule has 1 amide bonds. The summed E-state index contributed by atoms with van der Waals surface area (Å²) in [7, 11) is 1.64. The third-order valence-corrected chi connectivity index (χ3v) is 5.76. The normalized spacial score (nSPS) is 14.1. The number of hydrogen-bond acceptors (Lipinski definition) is 6. The Hall–Kier alpha value is -3.74. The summed E-state index contributed by atoms with van der Waals surface area (Å²) in [4.78, 5) is 35.3. The van der Waals surface area contributed by atoms with E-state index in [4.69, 9.17) is 4.74 Å². The predicted molar refractivity (Wildman–Crippen MR) is 124 cm³/mol. The Morgan fingerprint density at radius 2 is 1.78 bits per heavy atom. The van der Waals surface area contributed by atoms with E-state index in [0.29, 0.717) is 11.3 Å². The van der Waals surface area contributed by atoms with Crippen molar-refractivity contribution in [3.05, 3.63) is 66.5 Å². The Morgan fingerprint density at radius 3 is 2.47 bits per heavy atom. The monoisotopic (exact) mass is 430 g/mol. The van der Waals surface area contributed by atoms with Gasteiger partial charge < -0.3 is 15.0 Å². The minimum absolute atomic E-state index is 0.00744. The number of rotatable bonds is 6. The van der Waals surface area contributed by atoms with Gasteiger partial charge in [-0.15, -0.1) is 0 Å². The van der Waals surface area contributed by atoms with E-state index in [1.54, 1.807) is 37.7 Å². The number of methoxy groups -OCH3 is 1. The van der Waals surface area contributed by atoms with Crippen LogP contribution in [0.25, 0.3) is 11.3 Å². The van der Waals surface area contributed by atoms with Gasteiger partial charge in [-0.3, -0.25) is 9.59 Å². The highest BCUT2D eigenvalue weighted by Crippen LogP contribution is 2.27. The molecule has 1 saturated heterocycles. The number of carbonyl (C=O) groups excluding carboxylic acids is 2. The summed E-state index contributed by atoms with van der Waals surface area (Å²) < 4.78 is 5.22. The lowest BCUT2D eigenvalue weighted by Gasteiger charge is -2.32. The molecule has 1 aliphatic heterocycles. The van der Waals surface area contributed by atoms with Gasteiger partial charge in [0.15, 0.2) is 5.78 Å². The molecule has 1 aromatic heterocycles. The Morgan fingerprint density at radius 1 is 1.03 bits per heavy atom. The van der Waals surface area contributed by atoms with Crippen LogP contribution in [0.5, 0.6) is 5.75 Å². The Balaban J connectivity index is 1.37. The molecule has 0 saturated carbocycles. The number of nitrogens with zero attached hydrogens (tertiary/aromatic N) is 3.